The van der Waals surface area contributed by atoms with E-state index in [0.29, 0.717) is 23.8 Å². The molecule has 2 aromatic carbocycles. The Labute approximate surface area is 140 Å². The van der Waals surface area contributed by atoms with Crippen LogP contribution >= 0.6 is 0 Å². The molecule has 0 aliphatic heterocycles. The van der Waals surface area contributed by atoms with E-state index in [9.17, 15) is 10.2 Å². The zero-order valence-electron chi connectivity index (χ0n) is 13.4. The van der Waals surface area contributed by atoms with Crippen molar-refractivity contribution < 1.29 is 10.2 Å². The maximum absolute atomic E-state index is 10.1. The summed E-state index contributed by atoms with van der Waals surface area (Å²) in [6.07, 6.45) is 0.857. The number of anilines is 1. The molecular weight excluding hydrogens is 304 g/mol. The lowest BCUT2D eigenvalue weighted by molar-refractivity contribution is 0.461. The Kier molecular flexibility index (Phi) is 4.48. The van der Waals surface area contributed by atoms with E-state index >= 15 is 0 Å². The Morgan fingerprint density at radius 3 is 2.71 bits per heavy atom. The molecule has 3 rings (SSSR count). The molecule has 5 N–H and O–H groups in total. The smallest absolute Gasteiger partial charge is 0.166 e. The fourth-order valence-electron chi connectivity index (χ4n) is 2.41. The number of fused-ring (bicyclic) bond motifs is 1. The zero-order valence-corrected chi connectivity index (χ0v) is 13.4. The van der Waals surface area contributed by atoms with Gasteiger partial charge in [-0.1, -0.05) is 19.1 Å². The van der Waals surface area contributed by atoms with Crippen LogP contribution in [0, 0.1) is 0 Å². The highest BCUT2D eigenvalue weighted by Gasteiger charge is 2.13. The van der Waals surface area contributed by atoms with Gasteiger partial charge in [0, 0.05) is 18.0 Å². The predicted octanol–water partition coefficient (Wildman–Crippen LogP) is 2.86. The molecule has 1 atom stereocenters. The van der Waals surface area contributed by atoms with Gasteiger partial charge in [0.1, 0.15) is 17.3 Å². The van der Waals surface area contributed by atoms with Gasteiger partial charge in [0.25, 0.3) is 0 Å². The van der Waals surface area contributed by atoms with Gasteiger partial charge in [-0.25, -0.2) is 9.97 Å². The highest BCUT2D eigenvalue weighted by atomic mass is 16.3. The lowest BCUT2D eigenvalue weighted by Gasteiger charge is -2.14. The summed E-state index contributed by atoms with van der Waals surface area (Å²) in [4.78, 5) is 9.03. The van der Waals surface area contributed by atoms with E-state index in [2.05, 4.69) is 15.3 Å². The maximum Gasteiger partial charge on any atom is 0.166 e. The van der Waals surface area contributed by atoms with Crippen molar-refractivity contribution in [3.8, 4) is 22.9 Å². The molecule has 24 heavy (non-hydrogen) atoms. The van der Waals surface area contributed by atoms with Gasteiger partial charge < -0.3 is 21.3 Å². The van der Waals surface area contributed by atoms with Crippen molar-refractivity contribution in [3.63, 3.8) is 0 Å². The van der Waals surface area contributed by atoms with Crippen molar-refractivity contribution in [2.45, 2.75) is 19.4 Å². The summed E-state index contributed by atoms with van der Waals surface area (Å²) in [5.41, 5.74) is 7.11. The zero-order chi connectivity index (χ0) is 17.1. The third-order valence-corrected chi connectivity index (χ3v) is 3.88. The van der Waals surface area contributed by atoms with E-state index in [4.69, 9.17) is 5.73 Å². The first-order valence-corrected chi connectivity index (χ1v) is 7.87. The molecule has 1 heterocycles. The molecule has 3 aromatic rings. The van der Waals surface area contributed by atoms with E-state index in [0.717, 1.165) is 17.3 Å². The second kappa shape index (κ2) is 6.72. The number of aromatic nitrogens is 2. The molecule has 1 aromatic heterocycles. The summed E-state index contributed by atoms with van der Waals surface area (Å²) >= 11 is 0. The molecule has 0 amide bonds. The number of phenols is 2. The van der Waals surface area contributed by atoms with Crippen molar-refractivity contribution in [2.75, 3.05) is 11.9 Å². The van der Waals surface area contributed by atoms with Gasteiger partial charge in [0.05, 0.1) is 11.1 Å². The minimum Gasteiger partial charge on any atom is -0.508 e. The predicted molar refractivity (Wildman–Crippen MR) is 95.1 cm³/mol. The van der Waals surface area contributed by atoms with Crippen molar-refractivity contribution in [3.05, 3.63) is 42.5 Å². The van der Waals surface area contributed by atoms with Crippen LogP contribution in [0.5, 0.6) is 11.5 Å². The number of benzene rings is 2. The number of aromatic hydroxyl groups is 2. The summed E-state index contributed by atoms with van der Waals surface area (Å²) in [6.45, 7) is 2.61. The van der Waals surface area contributed by atoms with Crippen LogP contribution in [-0.4, -0.2) is 32.8 Å². The maximum atomic E-state index is 10.1. The average molecular weight is 324 g/mol. The SMILES string of the molecule is CCC(N)CNc1nc(-c2cc(O)ccc2O)nc2ccccc12. The second-order valence-corrected chi connectivity index (χ2v) is 5.66. The molecule has 6 heteroatoms. The summed E-state index contributed by atoms with van der Waals surface area (Å²) in [7, 11) is 0. The average Bonchev–Trinajstić information content (AvgIpc) is 2.61. The minimum atomic E-state index is 0.0132. The first-order valence-electron chi connectivity index (χ1n) is 7.87. The number of hydrogen-bond acceptors (Lipinski definition) is 6. The minimum absolute atomic E-state index is 0.0132. The molecule has 0 radical (unpaired) electrons. The topological polar surface area (TPSA) is 104 Å². The Balaban J connectivity index is 2.11. The van der Waals surface area contributed by atoms with Gasteiger partial charge in [-0.05, 0) is 36.8 Å². The monoisotopic (exact) mass is 324 g/mol. The van der Waals surface area contributed by atoms with Crippen molar-refractivity contribution in [1.82, 2.24) is 9.97 Å². The summed E-state index contributed by atoms with van der Waals surface area (Å²) in [6, 6.07) is 11.9. The quantitative estimate of drug-likeness (QED) is 0.538. The largest absolute Gasteiger partial charge is 0.508 e. The molecule has 0 aliphatic carbocycles. The molecule has 124 valence electrons. The standard InChI is InChI=1S/C18H20N4O2/c1-2-11(19)10-20-17-13-5-3-4-6-15(13)21-18(22-17)14-9-12(23)7-8-16(14)24/h3-9,11,23-24H,2,10,19H2,1H3,(H,20,21,22). The second-order valence-electron chi connectivity index (χ2n) is 5.66. The number of rotatable bonds is 5. The number of nitrogens with two attached hydrogens (primary N) is 1. The van der Waals surface area contributed by atoms with Gasteiger partial charge in [-0.2, -0.15) is 0 Å². The van der Waals surface area contributed by atoms with Crippen molar-refractivity contribution >= 4 is 16.7 Å². The number of phenolic OH excluding ortho intramolecular Hbond substituents is 2. The fourth-order valence-corrected chi connectivity index (χ4v) is 2.41. The van der Waals surface area contributed by atoms with Crippen LogP contribution in [0.3, 0.4) is 0 Å². The molecule has 1 unspecified atom stereocenters. The molecule has 0 fully saturated rings. The van der Waals surface area contributed by atoms with E-state index in [-0.39, 0.29) is 17.5 Å². The molecule has 0 aliphatic rings. The number of hydrogen-bond donors (Lipinski definition) is 4. The van der Waals surface area contributed by atoms with E-state index in [1.54, 1.807) is 0 Å². The van der Waals surface area contributed by atoms with Crippen LogP contribution in [0.25, 0.3) is 22.3 Å². The molecular formula is C18H20N4O2. The van der Waals surface area contributed by atoms with Gasteiger partial charge in [0.2, 0.25) is 0 Å². The molecule has 0 saturated carbocycles. The Bertz CT molecular complexity index is 867. The third-order valence-electron chi connectivity index (χ3n) is 3.88. The van der Waals surface area contributed by atoms with E-state index < -0.39 is 0 Å². The van der Waals surface area contributed by atoms with Gasteiger partial charge >= 0.3 is 0 Å². The molecule has 0 bridgehead atoms. The van der Waals surface area contributed by atoms with E-state index in [1.807, 2.05) is 31.2 Å². The van der Waals surface area contributed by atoms with Crippen molar-refractivity contribution in [1.29, 1.82) is 0 Å². The normalized spacial score (nSPS) is 12.2. The highest BCUT2D eigenvalue weighted by molar-refractivity contribution is 5.91. The van der Waals surface area contributed by atoms with Crippen LogP contribution in [0.2, 0.25) is 0 Å². The molecule has 0 saturated heterocycles. The van der Waals surface area contributed by atoms with Crippen LogP contribution in [-0.2, 0) is 0 Å². The Morgan fingerprint density at radius 1 is 1.12 bits per heavy atom. The highest BCUT2D eigenvalue weighted by Crippen LogP contribution is 2.32. The first-order chi connectivity index (χ1) is 11.6. The van der Waals surface area contributed by atoms with Crippen molar-refractivity contribution in [2.24, 2.45) is 5.73 Å². The first kappa shape index (κ1) is 16.0. The van der Waals surface area contributed by atoms with Crippen LogP contribution in [0.1, 0.15) is 13.3 Å². The third kappa shape index (κ3) is 3.23. The summed E-state index contributed by atoms with van der Waals surface area (Å²) in [5, 5.41) is 23.9. The Morgan fingerprint density at radius 2 is 1.92 bits per heavy atom. The Hall–Kier alpha value is -2.86. The summed E-state index contributed by atoms with van der Waals surface area (Å²) < 4.78 is 0. The van der Waals surface area contributed by atoms with Crippen LogP contribution in [0.15, 0.2) is 42.5 Å². The summed E-state index contributed by atoms with van der Waals surface area (Å²) in [5.74, 6) is 1.05. The van der Waals surface area contributed by atoms with Gasteiger partial charge in [-0.15, -0.1) is 0 Å². The van der Waals surface area contributed by atoms with Crippen LogP contribution in [0.4, 0.5) is 5.82 Å². The molecule has 0 spiro atoms. The number of nitrogens with zero attached hydrogens (tertiary/aromatic N) is 2. The number of nitrogens with one attached hydrogen (secondary N) is 1. The lowest BCUT2D eigenvalue weighted by atomic mass is 10.1. The van der Waals surface area contributed by atoms with Crippen LogP contribution < -0.4 is 11.1 Å². The lowest BCUT2D eigenvalue weighted by Crippen LogP contribution is -2.28. The van der Waals surface area contributed by atoms with E-state index in [1.165, 1.54) is 18.2 Å². The van der Waals surface area contributed by atoms with Gasteiger partial charge in [-0.3, -0.25) is 0 Å². The number of para-hydroxylation sites is 1. The fraction of sp³-hybridized carbons (Fsp3) is 0.222. The van der Waals surface area contributed by atoms with Gasteiger partial charge in [0.15, 0.2) is 5.82 Å². The molecule has 6 nitrogen and oxygen atoms in total.